The quantitative estimate of drug-likeness (QED) is 0.128. The highest BCUT2D eigenvalue weighted by Gasteiger charge is 2.37. The highest BCUT2D eigenvalue weighted by atomic mass is 31.2. The Kier molecular flexibility index (Phi) is 12.6. The first kappa shape index (κ1) is 35.6. The number of alkyl carbamates (subject to hydrolysis) is 1. The van der Waals surface area contributed by atoms with E-state index in [1.165, 1.54) is 0 Å². The first-order valence-corrected chi connectivity index (χ1v) is 15.9. The van der Waals surface area contributed by atoms with E-state index in [9.17, 15) is 19.3 Å². The smallest absolute Gasteiger partial charge is 0.478 e. The van der Waals surface area contributed by atoms with Crippen LogP contribution in [0.5, 0.6) is 11.5 Å². The van der Waals surface area contributed by atoms with Crippen LogP contribution in [-0.2, 0) is 47.3 Å². The summed E-state index contributed by atoms with van der Waals surface area (Å²) in [7, 11) is -4.04. The van der Waals surface area contributed by atoms with Gasteiger partial charge in [0, 0.05) is 6.42 Å². The summed E-state index contributed by atoms with van der Waals surface area (Å²) in [4.78, 5) is 24.4. The number of nitrogens with one attached hydrogen (secondary N) is 1. The number of hydrogen-bond acceptors (Lipinski definition) is 9. The number of amides is 1. The molecule has 0 heterocycles. The minimum Gasteiger partial charge on any atom is -0.485 e. The van der Waals surface area contributed by atoms with Gasteiger partial charge in [0.25, 0.3) is 0 Å². The van der Waals surface area contributed by atoms with Gasteiger partial charge in [-0.05, 0) is 70.4 Å². The molecule has 45 heavy (non-hydrogen) atoms. The first-order valence-electron chi connectivity index (χ1n) is 14.4. The fourth-order valence-electron chi connectivity index (χ4n) is 3.89. The van der Waals surface area contributed by atoms with Gasteiger partial charge in [0.1, 0.15) is 19.3 Å². The van der Waals surface area contributed by atoms with Gasteiger partial charge in [-0.25, -0.2) is 18.7 Å². The van der Waals surface area contributed by atoms with Crippen LogP contribution in [0.1, 0.15) is 58.2 Å². The normalized spacial score (nSPS) is 12.7. The topological polar surface area (TPSA) is 139 Å². The van der Waals surface area contributed by atoms with Gasteiger partial charge in [-0.15, -0.1) is 0 Å². The van der Waals surface area contributed by atoms with Gasteiger partial charge in [0.05, 0.1) is 11.2 Å². The van der Waals surface area contributed by atoms with Crippen LogP contribution < -0.4 is 14.8 Å². The molecule has 1 atom stereocenters. The molecule has 0 fully saturated rings. The molecule has 0 bridgehead atoms. The van der Waals surface area contributed by atoms with Crippen molar-refractivity contribution in [1.82, 2.24) is 5.32 Å². The Hall–Kier alpha value is -3.89. The predicted octanol–water partition coefficient (Wildman–Crippen LogP) is 7.28. The molecule has 12 heteroatoms. The molecule has 0 spiro atoms. The summed E-state index contributed by atoms with van der Waals surface area (Å²) >= 11 is 0. The minimum absolute atomic E-state index is 0.000883. The predicted molar refractivity (Wildman–Crippen MR) is 168 cm³/mol. The Balaban J connectivity index is 1.75. The number of hydrogen-bond donors (Lipinski definition) is 2. The number of benzene rings is 3. The zero-order chi connectivity index (χ0) is 33.1. The molecule has 0 aliphatic rings. The molecule has 0 radical (unpaired) electrons. The summed E-state index contributed by atoms with van der Waals surface area (Å²) in [6.45, 7) is 10.1. The molecule has 0 aromatic heterocycles. The molecule has 244 valence electrons. The van der Waals surface area contributed by atoms with E-state index < -0.39 is 43.9 Å². The van der Waals surface area contributed by atoms with E-state index in [2.05, 4.69) is 5.32 Å². The third-order valence-electron chi connectivity index (χ3n) is 5.68. The van der Waals surface area contributed by atoms with Gasteiger partial charge in [0.2, 0.25) is 6.79 Å². The van der Waals surface area contributed by atoms with Crippen molar-refractivity contribution in [2.24, 2.45) is 0 Å². The fourth-order valence-corrected chi connectivity index (χ4v) is 5.55. The van der Waals surface area contributed by atoms with E-state index in [4.69, 9.17) is 27.8 Å². The molecule has 1 amide bonds. The lowest BCUT2D eigenvalue weighted by Crippen LogP contribution is -2.42. The number of carboxylic acids is 1. The zero-order valence-electron chi connectivity index (χ0n) is 26.5. The van der Waals surface area contributed by atoms with E-state index in [1.54, 1.807) is 71.9 Å². The van der Waals surface area contributed by atoms with Crippen molar-refractivity contribution >= 4 is 19.9 Å². The number of ether oxygens (including phenoxy) is 3. The van der Waals surface area contributed by atoms with Gasteiger partial charge >= 0.3 is 19.9 Å². The van der Waals surface area contributed by atoms with Crippen LogP contribution in [0, 0.1) is 0 Å². The minimum atomic E-state index is -4.04. The fraction of sp³-hybridized carbons (Fsp3) is 0.394. The second-order valence-corrected chi connectivity index (χ2v) is 13.6. The number of aliphatic carboxylic acids is 1. The van der Waals surface area contributed by atoms with Crippen molar-refractivity contribution in [3.63, 3.8) is 0 Å². The van der Waals surface area contributed by atoms with Crippen molar-refractivity contribution in [1.29, 1.82) is 0 Å². The lowest BCUT2D eigenvalue weighted by atomic mass is 10.1. The van der Waals surface area contributed by atoms with Crippen molar-refractivity contribution < 1.29 is 47.0 Å². The van der Waals surface area contributed by atoms with E-state index >= 15 is 0 Å². The standard InChI is InChI=1S/C33H42NO10P/c1-32(2,3)43-45(38,44-33(4,5)6)42-23-41-28-18-17-26(20-29(28)39-21-24-13-9-7-10-14-24)19-27(30(35)36)34-31(37)40-22-25-15-11-8-12-16-25/h7-18,20,27H,19,21-23H2,1-6H3,(H,34,37)(H,35,36). The molecule has 1 unspecified atom stereocenters. The molecule has 3 rings (SSSR count). The van der Waals surface area contributed by atoms with Crippen LogP contribution in [0.25, 0.3) is 0 Å². The van der Waals surface area contributed by atoms with Crippen molar-refractivity contribution in [2.45, 2.75) is 78.4 Å². The number of carboxylic acid groups (broad SMARTS) is 1. The molecule has 0 aliphatic carbocycles. The molecule has 0 saturated heterocycles. The van der Waals surface area contributed by atoms with Crippen LogP contribution in [0.15, 0.2) is 78.9 Å². The Morgan fingerprint density at radius 2 is 1.31 bits per heavy atom. The Labute approximate surface area is 264 Å². The molecule has 3 aromatic carbocycles. The molecule has 11 nitrogen and oxygen atoms in total. The number of rotatable bonds is 15. The molecule has 2 N–H and O–H groups in total. The maximum Gasteiger partial charge on any atom is 0.478 e. The van der Waals surface area contributed by atoms with Crippen LogP contribution in [0.4, 0.5) is 4.79 Å². The largest absolute Gasteiger partial charge is 0.485 e. The number of carbonyl (C=O) groups excluding carboxylic acids is 1. The summed E-state index contributed by atoms with van der Waals surface area (Å²) < 4.78 is 47.2. The van der Waals surface area contributed by atoms with Crippen molar-refractivity contribution in [2.75, 3.05) is 6.79 Å². The first-order chi connectivity index (χ1) is 21.1. The molecule has 0 aliphatic heterocycles. The SMILES string of the molecule is CC(C)(C)OP(=O)(OCOc1ccc(CC(NC(=O)OCc2ccccc2)C(=O)O)cc1OCc1ccccc1)OC(C)(C)C. The average molecular weight is 644 g/mol. The van der Waals surface area contributed by atoms with Crippen LogP contribution in [0.3, 0.4) is 0 Å². The van der Waals surface area contributed by atoms with Gasteiger partial charge in [-0.3, -0.25) is 9.05 Å². The third-order valence-corrected chi connectivity index (χ3v) is 7.65. The summed E-state index contributed by atoms with van der Waals surface area (Å²) in [5.41, 5.74) is 0.549. The monoisotopic (exact) mass is 643 g/mol. The van der Waals surface area contributed by atoms with E-state index in [0.717, 1.165) is 11.1 Å². The van der Waals surface area contributed by atoms with Gasteiger partial charge < -0.3 is 24.6 Å². The zero-order valence-corrected chi connectivity index (χ0v) is 27.4. The summed E-state index contributed by atoms with van der Waals surface area (Å²) in [5.74, 6) is -0.713. The maximum absolute atomic E-state index is 13.4. The Morgan fingerprint density at radius 1 is 0.756 bits per heavy atom. The third kappa shape index (κ3) is 13.3. The maximum atomic E-state index is 13.4. The Bertz CT molecular complexity index is 1420. The molecule has 0 saturated carbocycles. The van der Waals surface area contributed by atoms with Crippen LogP contribution in [-0.4, -0.2) is 41.2 Å². The Morgan fingerprint density at radius 3 is 1.84 bits per heavy atom. The summed E-state index contributed by atoms with van der Waals surface area (Å²) in [6.07, 6.45) is -0.925. The lowest BCUT2D eigenvalue weighted by molar-refractivity contribution is -0.139. The summed E-state index contributed by atoms with van der Waals surface area (Å²) in [6, 6.07) is 22.0. The molecular formula is C33H42NO10P. The van der Waals surface area contributed by atoms with E-state index in [-0.39, 0.29) is 31.1 Å². The van der Waals surface area contributed by atoms with Gasteiger partial charge in [0.15, 0.2) is 11.5 Å². The highest BCUT2D eigenvalue weighted by Crippen LogP contribution is 2.55. The lowest BCUT2D eigenvalue weighted by Gasteiger charge is -2.30. The van der Waals surface area contributed by atoms with Crippen LogP contribution >= 0.6 is 7.82 Å². The van der Waals surface area contributed by atoms with Crippen molar-refractivity contribution in [3.8, 4) is 11.5 Å². The number of phosphoric acid groups is 1. The van der Waals surface area contributed by atoms with E-state index in [0.29, 0.717) is 5.56 Å². The second kappa shape index (κ2) is 15.9. The summed E-state index contributed by atoms with van der Waals surface area (Å²) in [5, 5.41) is 12.2. The average Bonchev–Trinajstić information content (AvgIpc) is 2.94. The van der Waals surface area contributed by atoms with E-state index in [1.807, 2.05) is 48.5 Å². The van der Waals surface area contributed by atoms with Crippen LogP contribution in [0.2, 0.25) is 0 Å². The molecular weight excluding hydrogens is 601 g/mol. The van der Waals surface area contributed by atoms with Gasteiger partial charge in [-0.1, -0.05) is 66.7 Å². The number of phosphoric ester groups is 1. The second-order valence-electron chi connectivity index (χ2n) is 12.1. The van der Waals surface area contributed by atoms with Crippen molar-refractivity contribution in [3.05, 3.63) is 95.6 Å². The van der Waals surface area contributed by atoms with Gasteiger partial charge in [-0.2, -0.15) is 0 Å². The highest BCUT2D eigenvalue weighted by molar-refractivity contribution is 7.48. The molecule has 3 aromatic rings. The number of carbonyl (C=O) groups is 2.